The van der Waals surface area contributed by atoms with Gasteiger partial charge < -0.3 is 15.9 Å². The van der Waals surface area contributed by atoms with Crippen molar-refractivity contribution in [3.05, 3.63) is 0 Å². The molecule has 0 aliphatic carbocycles. The minimum absolute atomic E-state index is 0.0633. The number of carbonyl (C=O) groups is 1. The highest BCUT2D eigenvalue weighted by Gasteiger charge is 2.15. The minimum atomic E-state index is -2.81. The van der Waals surface area contributed by atoms with Gasteiger partial charge in [-0.25, -0.2) is 0 Å². The lowest BCUT2D eigenvalue weighted by Crippen LogP contribution is -2.37. The largest absolute Gasteiger partial charge is 0.480 e. The van der Waals surface area contributed by atoms with E-state index in [1.165, 1.54) is 0 Å². The summed E-state index contributed by atoms with van der Waals surface area (Å²) in [6, 6.07) is -1.01. The molecule has 0 spiro atoms. The maximum Gasteiger partial charge on any atom is 0.320 e. The Kier molecular flexibility index (Phi) is 5.86. The number of nitrogens with two attached hydrogens (primary N) is 2. The van der Waals surface area contributed by atoms with Gasteiger partial charge in [-0.05, 0) is 12.8 Å². The first kappa shape index (κ1) is 13.5. The number of hydrogen-bond acceptors (Lipinski definition) is 4. The van der Waals surface area contributed by atoms with Crippen LogP contribution in [0.5, 0.6) is 0 Å². The van der Waals surface area contributed by atoms with Crippen LogP contribution in [0.25, 0.3) is 0 Å². The molecule has 0 aromatic rings. The second-order valence-corrected chi connectivity index (χ2v) is 6.01. The van der Waals surface area contributed by atoms with Gasteiger partial charge in [-0.1, -0.05) is 10.1 Å². The molecule has 86 valence electrons. The Morgan fingerprint density at radius 1 is 1.43 bits per heavy atom. The summed E-state index contributed by atoms with van der Waals surface area (Å²) in [6.45, 7) is -0.0633. The first-order chi connectivity index (χ1) is 6.39. The third-order valence-electron chi connectivity index (χ3n) is 1.83. The van der Waals surface area contributed by atoms with E-state index in [1.54, 1.807) is 0 Å². The zero-order valence-electron chi connectivity index (χ0n) is 7.93. The van der Waals surface area contributed by atoms with Gasteiger partial charge in [-0.15, -0.1) is 0 Å². The van der Waals surface area contributed by atoms with Crippen LogP contribution in [0, 0.1) is 0 Å². The summed E-state index contributed by atoms with van der Waals surface area (Å²) in [4.78, 5) is 10.3. The van der Waals surface area contributed by atoms with Crippen molar-refractivity contribution in [2.75, 3.05) is 18.1 Å². The molecule has 0 aromatic carbocycles. The lowest BCUT2D eigenvalue weighted by Gasteiger charge is -2.18. The molecule has 0 unspecified atom stereocenters. The molecule has 0 rings (SSSR count). The topological polar surface area (TPSA) is 127 Å². The van der Waals surface area contributed by atoms with Crippen molar-refractivity contribution in [3.8, 4) is 0 Å². The van der Waals surface area contributed by atoms with E-state index in [0.29, 0.717) is 6.42 Å². The summed E-state index contributed by atoms with van der Waals surface area (Å²) in [5.41, 5.74) is 5.23. The van der Waals surface area contributed by atoms with Crippen LogP contribution in [-0.2, 0) is 14.9 Å². The quantitative estimate of drug-likeness (QED) is 0.323. The van der Waals surface area contributed by atoms with Crippen molar-refractivity contribution in [2.24, 2.45) is 10.9 Å². The Balaban J connectivity index is 3.86. The van der Waals surface area contributed by atoms with E-state index in [2.05, 4.69) is 0 Å². The van der Waals surface area contributed by atoms with Crippen LogP contribution < -0.4 is 10.9 Å². The molecule has 0 amide bonds. The molecule has 6 nitrogen and oxygen atoms in total. The Bertz CT molecular complexity index is 234. The fourth-order valence-electron chi connectivity index (χ4n) is 0.931. The van der Waals surface area contributed by atoms with E-state index in [0.717, 1.165) is 0 Å². The zero-order valence-corrected chi connectivity index (χ0v) is 8.82. The number of carboxylic acid groups (broad SMARTS) is 1. The molecular weight excluding hydrogens is 208 g/mol. The molecule has 1 atom stereocenters. The number of aliphatic hydroxyl groups excluding tert-OH is 1. The van der Waals surface area contributed by atoms with E-state index < -0.39 is 22.1 Å². The second-order valence-electron chi connectivity index (χ2n) is 3.21. The van der Waals surface area contributed by atoms with E-state index in [9.17, 15) is 9.00 Å². The molecular formula is C7H18N2O4S. The van der Waals surface area contributed by atoms with Crippen molar-refractivity contribution in [2.45, 2.75) is 18.9 Å². The highest BCUT2D eigenvalue weighted by molar-refractivity contribution is 8.00. The average molecular weight is 226 g/mol. The fraction of sp³-hybridized carbons (Fsp3) is 0.857. The summed E-state index contributed by atoms with van der Waals surface area (Å²) in [6.07, 6.45) is 0.477. The SMILES string of the molecule is N[C@@H](CC[SH](N)(=O)CCCO)C(=O)O. The number of rotatable bonds is 7. The average Bonchev–Trinajstić information content (AvgIpc) is 2.11. The smallest absolute Gasteiger partial charge is 0.320 e. The molecule has 0 bridgehead atoms. The van der Waals surface area contributed by atoms with Crippen LogP contribution in [0.3, 0.4) is 0 Å². The van der Waals surface area contributed by atoms with Gasteiger partial charge in [0.1, 0.15) is 6.04 Å². The minimum Gasteiger partial charge on any atom is -0.480 e. The lowest BCUT2D eigenvalue weighted by atomic mass is 10.2. The van der Waals surface area contributed by atoms with Crippen LogP contribution >= 0.6 is 0 Å². The number of carboxylic acids is 1. The molecule has 0 fully saturated rings. The van der Waals surface area contributed by atoms with Gasteiger partial charge in [0.15, 0.2) is 0 Å². The molecule has 0 saturated carbocycles. The summed E-state index contributed by atoms with van der Waals surface area (Å²) in [7, 11) is -2.81. The third-order valence-corrected chi connectivity index (χ3v) is 3.92. The standard InChI is InChI=1S/C7H18N2O4S/c8-6(7(11)12)2-5-14(9,13)4-1-3-10/h6,10,14H,1-5,8H2,(H2,9,13)(H,11,12)/t6-/m0/s1. The summed E-state index contributed by atoms with van der Waals surface area (Å²) >= 11 is 0. The van der Waals surface area contributed by atoms with Crippen molar-refractivity contribution in [1.82, 2.24) is 0 Å². The first-order valence-electron chi connectivity index (χ1n) is 4.35. The molecule has 0 radical (unpaired) electrons. The Morgan fingerprint density at radius 2 is 2.00 bits per heavy atom. The van der Waals surface area contributed by atoms with Gasteiger partial charge in [-0.3, -0.25) is 14.1 Å². The summed E-state index contributed by atoms with van der Waals surface area (Å²) in [5.74, 6) is -0.775. The van der Waals surface area contributed by atoms with E-state index in [-0.39, 0.29) is 24.5 Å². The fourth-order valence-corrected chi connectivity index (χ4v) is 2.55. The van der Waals surface area contributed by atoms with Gasteiger partial charge in [-0.2, -0.15) is 0 Å². The van der Waals surface area contributed by atoms with Crippen molar-refractivity contribution in [1.29, 1.82) is 0 Å². The first-order valence-corrected chi connectivity index (χ1v) is 6.49. The summed E-state index contributed by atoms with van der Waals surface area (Å²) in [5, 5.41) is 22.4. The predicted octanol–water partition coefficient (Wildman–Crippen LogP) is -1.94. The van der Waals surface area contributed by atoms with Gasteiger partial charge in [0.25, 0.3) is 0 Å². The van der Waals surface area contributed by atoms with Gasteiger partial charge in [0.2, 0.25) is 0 Å². The number of aliphatic carboxylic acids is 1. The van der Waals surface area contributed by atoms with Crippen LogP contribution in [-0.4, -0.2) is 44.5 Å². The maximum atomic E-state index is 11.5. The molecule has 7 heteroatoms. The third kappa shape index (κ3) is 6.03. The highest BCUT2D eigenvalue weighted by Crippen LogP contribution is 2.02. The lowest BCUT2D eigenvalue weighted by molar-refractivity contribution is -0.138. The molecule has 14 heavy (non-hydrogen) atoms. The number of thiol groups is 1. The van der Waals surface area contributed by atoms with Gasteiger partial charge in [0, 0.05) is 18.1 Å². The van der Waals surface area contributed by atoms with Crippen molar-refractivity contribution < 1.29 is 19.2 Å². The Morgan fingerprint density at radius 3 is 2.43 bits per heavy atom. The molecule has 6 N–H and O–H groups in total. The Labute approximate surface area is 83.8 Å². The Hall–Kier alpha value is -0.500. The predicted molar refractivity (Wildman–Crippen MR) is 55.4 cm³/mol. The van der Waals surface area contributed by atoms with Gasteiger partial charge in [0.05, 0.1) is 0 Å². The van der Waals surface area contributed by atoms with Crippen LogP contribution in [0.15, 0.2) is 0 Å². The zero-order chi connectivity index (χ0) is 11.2. The second kappa shape index (κ2) is 6.07. The van der Waals surface area contributed by atoms with E-state index in [1.807, 2.05) is 0 Å². The van der Waals surface area contributed by atoms with Gasteiger partial charge >= 0.3 is 5.97 Å². The van der Waals surface area contributed by atoms with Crippen LogP contribution in [0.4, 0.5) is 0 Å². The van der Waals surface area contributed by atoms with Crippen LogP contribution in [0.1, 0.15) is 12.8 Å². The summed E-state index contributed by atoms with van der Waals surface area (Å²) < 4.78 is 11.5. The van der Waals surface area contributed by atoms with E-state index in [4.69, 9.17) is 21.1 Å². The highest BCUT2D eigenvalue weighted by atomic mass is 32.3. The van der Waals surface area contributed by atoms with Crippen molar-refractivity contribution in [3.63, 3.8) is 0 Å². The van der Waals surface area contributed by atoms with Crippen LogP contribution in [0.2, 0.25) is 0 Å². The number of aliphatic hydroxyl groups is 1. The number of hydrogen-bond donors (Lipinski definition) is 5. The monoisotopic (exact) mass is 226 g/mol. The molecule has 0 aliphatic heterocycles. The molecule has 0 heterocycles. The van der Waals surface area contributed by atoms with Crippen molar-refractivity contribution >= 4 is 16.1 Å². The molecule has 0 aromatic heterocycles. The maximum absolute atomic E-state index is 11.5. The normalized spacial score (nSPS) is 15.1. The molecule has 0 aliphatic rings. The molecule has 0 saturated heterocycles. The van der Waals surface area contributed by atoms with E-state index >= 15 is 0 Å².